The number of aromatic nitrogens is 1. The van der Waals surface area contributed by atoms with Gasteiger partial charge >= 0.3 is 0 Å². The second-order valence-electron chi connectivity index (χ2n) is 4.76. The Balaban J connectivity index is 2.31. The number of halogens is 1. The number of benzene rings is 1. The van der Waals surface area contributed by atoms with Gasteiger partial charge in [0.2, 0.25) is 0 Å². The number of rotatable bonds is 2. The standard InChI is InChI=1S/C16H12ClNO2/c1-9-3-5-13-11(7-9)12(16(17)19)8-14(18-13)15-6-4-10(2)20-15/h3-8H,1-2H3. The molecule has 100 valence electrons. The summed E-state index contributed by atoms with van der Waals surface area (Å²) in [6, 6.07) is 11.1. The predicted octanol–water partition coefficient (Wildman–Crippen LogP) is 4.49. The van der Waals surface area contributed by atoms with E-state index in [1.54, 1.807) is 6.07 Å². The van der Waals surface area contributed by atoms with Gasteiger partial charge in [0.1, 0.15) is 11.5 Å². The average Bonchev–Trinajstić information content (AvgIpc) is 2.84. The van der Waals surface area contributed by atoms with Crippen molar-refractivity contribution < 1.29 is 9.21 Å². The van der Waals surface area contributed by atoms with Gasteiger partial charge in [-0.2, -0.15) is 0 Å². The van der Waals surface area contributed by atoms with Crippen LogP contribution in [-0.2, 0) is 0 Å². The molecule has 0 aliphatic rings. The number of hydrogen-bond acceptors (Lipinski definition) is 3. The summed E-state index contributed by atoms with van der Waals surface area (Å²) < 4.78 is 5.56. The number of hydrogen-bond donors (Lipinski definition) is 0. The first-order chi connectivity index (χ1) is 9.54. The lowest BCUT2D eigenvalue weighted by Crippen LogP contribution is -1.95. The van der Waals surface area contributed by atoms with Crippen LogP contribution in [0.25, 0.3) is 22.4 Å². The molecular formula is C16H12ClNO2. The molecule has 3 aromatic rings. The Morgan fingerprint density at radius 1 is 1.15 bits per heavy atom. The normalized spacial score (nSPS) is 10.9. The second kappa shape index (κ2) is 4.76. The molecule has 0 saturated carbocycles. The topological polar surface area (TPSA) is 43.1 Å². The molecule has 0 unspecified atom stereocenters. The van der Waals surface area contributed by atoms with Gasteiger partial charge < -0.3 is 4.42 Å². The third-order valence-corrected chi connectivity index (χ3v) is 3.37. The van der Waals surface area contributed by atoms with E-state index in [-0.39, 0.29) is 0 Å². The van der Waals surface area contributed by atoms with Crippen molar-refractivity contribution in [3.63, 3.8) is 0 Å². The van der Waals surface area contributed by atoms with Crippen molar-refractivity contribution in [2.24, 2.45) is 0 Å². The van der Waals surface area contributed by atoms with Gasteiger partial charge in [0.15, 0.2) is 5.76 Å². The van der Waals surface area contributed by atoms with Crippen LogP contribution in [0.2, 0.25) is 0 Å². The summed E-state index contributed by atoms with van der Waals surface area (Å²) in [7, 11) is 0. The highest BCUT2D eigenvalue weighted by Gasteiger charge is 2.14. The summed E-state index contributed by atoms with van der Waals surface area (Å²) in [6.07, 6.45) is 0. The molecule has 3 rings (SSSR count). The number of carbonyl (C=O) groups is 1. The number of pyridine rings is 1. The molecule has 1 aromatic carbocycles. The van der Waals surface area contributed by atoms with Gasteiger partial charge in [-0.15, -0.1) is 0 Å². The molecule has 0 fully saturated rings. The van der Waals surface area contributed by atoms with Crippen LogP contribution >= 0.6 is 11.6 Å². The van der Waals surface area contributed by atoms with E-state index in [0.717, 1.165) is 22.2 Å². The van der Waals surface area contributed by atoms with Crippen LogP contribution in [-0.4, -0.2) is 10.2 Å². The maximum absolute atomic E-state index is 11.7. The molecule has 0 N–H and O–H groups in total. The minimum atomic E-state index is -0.493. The molecule has 0 aliphatic carbocycles. The van der Waals surface area contributed by atoms with Gasteiger partial charge in [-0.1, -0.05) is 11.6 Å². The third-order valence-electron chi connectivity index (χ3n) is 3.17. The van der Waals surface area contributed by atoms with Crippen molar-refractivity contribution in [1.82, 2.24) is 4.98 Å². The van der Waals surface area contributed by atoms with Crippen molar-refractivity contribution in [3.05, 3.63) is 53.3 Å². The van der Waals surface area contributed by atoms with Gasteiger partial charge in [0, 0.05) is 10.9 Å². The Bertz CT molecular complexity index is 820. The molecule has 0 radical (unpaired) electrons. The molecule has 0 aliphatic heterocycles. The van der Waals surface area contributed by atoms with Crippen molar-refractivity contribution >= 4 is 27.7 Å². The second-order valence-corrected chi connectivity index (χ2v) is 5.10. The summed E-state index contributed by atoms with van der Waals surface area (Å²) in [5.74, 6) is 1.42. The molecular weight excluding hydrogens is 274 g/mol. The van der Waals surface area contributed by atoms with Gasteiger partial charge in [0.25, 0.3) is 5.24 Å². The Morgan fingerprint density at radius 2 is 1.95 bits per heavy atom. The smallest absolute Gasteiger partial charge is 0.253 e. The number of furan rings is 1. The van der Waals surface area contributed by atoms with Gasteiger partial charge in [-0.05, 0) is 55.8 Å². The lowest BCUT2D eigenvalue weighted by Gasteiger charge is -2.06. The van der Waals surface area contributed by atoms with Crippen molar-refractivity contribution in [1.29, 1.82) is 0 Å². The largest absolute Gasteiger partial charge is 0.460 e. The first-order valence-electron chi connectivity index (χ1n) is 6.22. The number of carbonyl (C=O) groups excluding carboxylic acids is 1. The average molecular weight is 286 g/mol. The van der Waals surface area contributed by atoms with Gasteiger partial charge in [0.05, 0.1) is 5.52 Å². The molecule has 0 atom stereocenters. The summed E-state index contributed by atoms with van der Waals surface area (Å²) in [5, 5.41) is 0.268. The summed E-state index contributed by atoms with van der Waals surface area (Å²) >= 11 is 5.70. The zero-order chi connectivity index (χ0) is 14.3. The number of aryl methyl sites for hydroxylation is 2. The highest BCUT2D eigenvalue weighted by atomic mass is 35.5. The molecule has 3 nitrogen and oxygen atoms in total. The Morgan fingerprint density at radius 3 is 2.60 bits per heavy atom. The van der Waals surface area contributed by atoms with E-state index in [0.29, 0.717) is 17.0 Å². The highest BCUT2D eigenvalue weighted by Crippen LogP contribution is 2.27. The Hall–Kier alpha value is -2.13. The van der Waals surface area contributed by atoms with Crippen LogP contribution in [0, 0.1) is 13.8 Å². The summed E-state index contributed by atoms with van der Waals surface area (Å²) in [4.78, 5) is 16.2. The SMILES string of the molecule is Cc1ccc2nc(-c3ccc(C)o3)cc(C(=O)Cl)c2c1. The molecule has 2 aromatic heterocycles. The van der Waals surface area contributed by atoms with E-state index in [1.165, 1.54) is 0 Å². The zero-order valence-electron chi connectivity index (χ0n) is 11.1. The van der Waals surface area contributed by atoms with Crippen LogP contribution in [0.3, 0.4) is 0 Å². The minimum Gasteiger partial charge on any atom is -0.460 e. The van der Waals surface area contributed by atoms with Crippen LogP contribution in [0.1, 0.15) is 21.7 Å². The fraction of sp³-hybridized carbons (Fsp3) is 0.125. The summed E-state index contributed by atoms with van der Waals surface area (Å²) in [5.41, 5.74) is 2.84. The van der Waals surface area contributed by atoms with Gasteiger partial charge in [-0.3, -0.25) is 4.79 Å². The summed E-state index contributed by atoms with van der Waals surface area (Å²) in [6.45, 7) is 3.83. The fourth-order valence-electron chi connectivity index (χ4n) is 2.20. The quantitative estimate of drug-likeness (QED) is 0.652. The molecule has 20 heavy (non-hydrogen) atoms. The van der Waals surface area contributed by atoms with Crippen molar-refractivity contribution in [2.75, 3.05) is 0 Å². The van der Waals surface area contributed by atoms with Gasteiger partial charge in [-0.25, -0.2) is 4.98 Å². The zero-order valence-corrected chi connectivity index (χ0v) is 11.9. The fourth-order valence-corrected chi connectivity index (χ4v) is 2.36. The molecule has 0 saturated heterocycles. The van der Waals surface area contributed by atoms with E-state index in [1.807, 2.05) is 44.2 Å². The number of fused-ring (bicyclic) bond motifs is 1. The molecule has 0 amide bonds. The van der Waals surface area contributed by atoms with E-state index in [2.05, 4.69) is 4.98 Å². The van der Waals surface area contributed by atoms with E-state index in [9.17, 15) is 4.79 Å². The maximum atomic E-state index is 11.7. The van der Waals surface area contributed by atoms with Crippen molar-refractivity contribution in [3.8, 4) is 11.5 Å². The molecule has 0 bridgehead atoms. The van der Waals surface area contributed by atoms with E-state index >= 15 is 0 Å². The molecule has 2 heterocycles. The monoisotopic (exact) mass is 285 g/mol. The lowest BCUT2D eigenvalue weighted by atomic mass is 10.1. The highest BCUT2D eigenvalue weighted by molar-refractivity contribution is 6.68. The number of nitrogens with zero attached hydrogens (tertiary/aromatic N) is 1. The molecule has 0 spiro atoms. The van der Waals surface area contributed by atoms with E-state index in [4.69, 9.17) is 16.0 Å². The van der Waals surface area contributed by atoms with Crippen LogP contribution in [0.4, 0.5) is 0 Å². The van der Waals surface area contributed by atoms with E-state index < -0.39 is 5.24 Å². The van der Waals surface area contributed by atoms with Crippen LogP contribution in [0.5, 0.6) is 0 Å². The third kappa shape index (κ3) is 2.21. The predicted molar refractivity (Wildman–Crippen MR) is 79.1 cm³/mol. The Labute approximate surface area is 121 Å². The maximum Gasteiger partial charge on any atom is 0.253 e. The first kappa shape index (κ1) is 12.9. The lowest BCUT2D eigenvalue weighted by molar-refractivity contribution is 0.108. The Kier molecular flexibility index (Phi) is 3.07. The molecule has 4 heteroatoms. The van der Waals surface area contributed by atoms with Crippen LogP contribution < -0.4 is 0 Å². The minimum absolute atomic E-state index is 0.449. The first-order valence-corrected chi connectivity index (χ1v) is 6.60. The van der Waals surface area contributed by atoms with Crippen LogP contribution in [0.15, 0.2) is 40.8 Å². The van der Waals surface area contributed by atoms with Crippen molar-refractivity contribution in [2.45, 2.75) is 13.8 Å².